The largest absolute Gasteiger partial charge is 0.459 e. The standard InChI is InChI=1S/C18H15Cl3N2O4S/c1-9-13-16(28-15(9)18(25)27-6-5-26-2)22-8-23(17(13)24)7-10-11(19)3-4-12(20)14(10)21/h3-4,8H,5-7H2,1-2H3. The van der Waals surface area contributed by atoms with E-state index in [0.29, 0.717) is 42.9 Å². The van der Waals surface area contributed by atoms with Gasteiger partial charge in [-0.15, -0.1) is 11.3 Å². The lowest BCUT2D eigenvalue weighted by atomic mass is 10.2. The highest BCUT2D eigenvalue weighted by atomic mass is 35.5. The van der Waals surface area contributed by atoms with E-state index in [0.717, 1.165) is 11.3 Å². The SMILES string of the molecule is COCCOC(=O)c1sc2ncn(Cc3c(Cl)ccc(Cl)c3Cl)c(=O)c2c1C. The van der Waals surface area contributed by atoms with Gasteiger partial charge in [-0.1, -0.05) is 34.8 Å². The second kappa shape index (κ2) is 8.80. The lowest BCUT2D eigenvalue weighted by Crippen LogP contribution is -2.21. The Morgan fingerprint density at radius 1 is 1.21 bits per heavy atom. The number of hydrogen-bond acceptors (Lipinski definition) is 6. The zero-order valence-electron chi connectivity index (χ0n) is 14.9. The van der Waals surface area contributed by atoms with Crippen molar-refractivity contribution in [2.75, 3.05) is 20.3 Å². The van der Waals surface area contributed by atoms with Gasteiger partial charge in [0.1, 0.15) is 16.3 Å². The van der Waals surface area contributed by atoms with Crippen molar-refractivity contribution in [1.82, 2.24) is 9.55 Å². The summed E-state index contributed by atoms with van der Waals surface area (Å²) in [5.41, 5.74) is 0.741. The summed E-state index contributed by atoms with van der Waals surface area (Å²) in [6.45, 7) is 2.22. The van der Waals surface area contributed by atoms with Crippen molar-refractivity contribution < 1.29 is 14.3 Å². The first kappa shape index (κ1) is 21.1. The minimum absolute atomic E-state index is 0.100. The van der Waals surface area contributed by atoms with Crippen LogP contribution in [0.1, 0.15) is 20.8 Å². The first-order valence-electron chi connectivity index (χ1n) is 8.12. The highest BCUT2D eigenvalue weighted by Crippen LogP contribution is 2.32. The Balaban J connectivity index is 2.00. The molecule has 0 N–H and O–H groups in total. The average Bonchev–Trinajstić information content (AvgIpc) is 3.01. The molecule has 0 aliphatic rings. The van der Waals surface area contributed by atoms with E-state index in [1.54, 1.807) is 19.1 Å². The molecule has 0 bridgehead atoms. The van der Waals surface area contributed by atoms with E-state index in [1.807, 2.05) is 0 Å². The van der Waals surface area contributed by atoms with E-state index in [-0.39, 0.29) is 23.7 Å². The van der Waals surface area contributed by atoms with Crippen LogP contribution in [0.5, 0.6) is 0 Å². The molecule has 2 heterocycles. The van der Waals surface area contributed by atoms with Gasteiger partial charge in [0.25, 0.3) is 5.56 Å². The second-order valence-electron chi connectivity index (χ2n) is 5.86. The van der Waals surface area contributed by atoms with Crippen LogP contribution in [0.15, 0.2) is 23.3 Å². The van der Waals surface area contributed by atoms with Crippen molar-refractivity contribution in [2.24, 2.45) is 0 Å². The van der Waals surface area contributed by atoms with Crippen molar-refractivity contribution in [3.05, 3.63) is 59.9 Å². The number of nitrogens with zero attached hydrogens (tertiary/aromatic N) is 2. The number of esters is 1. The van der Waals surface area contributed by atoms with Crippen molar-refractivity contribution >= 4 is 62.3 Å². The molecular formula is C18H15Cl3N2O4S. The van der Waals surface area contributed by atoms with Crippen LogP contribution in [0, 0.1) is 6.92 Å². The fourth-order valence-corrected chi connectivity index (χ4v) is 4.33. The van der Waals surface area contributed by atoms with Gasteiger partial charge in [-0.3, -0.25) is 9.36 Å². The number of aromatic nitrogens is 2. The topological polar surface area (TPSA) is 70.4 Å². The summed E-state index contributed by atoms with van der Waals surface area (Å²) >= 11 is 19.6. The first-order valence-corrected chi connectivity index (χ1v) is 10.1. The third kappa shape index (κ3) is 4.04. The Labute approximate surface area is 179 Å². The Morgan fingerprint density at radius 3 is 2.64 bits per heavy atom. The van der Waals surface area contributed by atoms with Gasteiger partial charge in [0.2, 0.25) is 0 Å². The van der Waals surface area contributed by atoms with Gasteiger partial charge in [0.15, 0.2) is 0 Å². The molecule has 6 nitrogen and oxygen atoms in total. The molecular weight excluding hydrogens is 447 g/mol. The fraction of sp³-hybridized carbons (Fsp3) is 0.278. The van der Waals surface area contributed by atoms with Crippen molar-refractivity contribution in [2.45, 2.75) is 13.5 Å². The average molecular weight is 462 g/mol. The molecule has 2 aromatic heterocycles. The Bertz CT molecular complexity index is 1110. The summed E-state index contributed by atoms with van der Waals surface area (Å²) in [5, 5.41) is 1.38. The molecule has 0 aliphatic heterocycles. The number of hydrogen-bond donors (Lipinski definition) is 0. The molecule has 0 unspecified atom stereocenters. The van der Waals surface area contributed by atoms with Crippen LogP contribution in [0.2, 0.25) is 15.1 Å². The third-order valence-corrected chi connectivity index (χ3v) is 6.47. The maximum atomic E-state index is 13.0. The molecule has 0 radical (unpaired) electrons. The van der Waals surface area contributed by atoms with Crippen molar-refractivity contribution in [1.29, 1.82) is 0 Å². The highest BCUT2D eigenvalue weighted by molar-refractivity contribution is 7.20. The third-order valence-electron chi connectivity index (χ3n) is 4.09. The second-order valence-corrected chi connectivity index (χ2v) is 8.06. The van der Waals surface area contributed by atoms with Crippen LogP contribution in [-0.4, -0.2) is 35.8 Å². The van der Waals surface area contributed by atoms with Crippen LogP contribution >= 0.6 is 46.1 Å². The Kier molecular flexibility index (Phi) is 6.62. The van der Waals surface area contributed by atoms with Crippen molar-refractivity contribution in [3.63, 3.8) is 0 Å². The number of carbonyl (C=O) groups excluding carboxylic acids is 1. The Hall–Kier alpha value is -1.64. The summed E-state index contributed by atoms with van der Waals surface area (Å²) in [7, 11) is 1.52. The van der Waals surface area contributed by atoms with Gasteiger partial charge in [-0.2, -0.15) is 0 Å². The highest BCUT2D eigenvalue weighted by Gasteiger charge is 2.21. The molecule has 148 valence electrons. The van der Waals surface area contributed by atoms with E-state index in [2.05, 4.69) is 4.98 Å². The normalized spacial score (nSPS) is 11.2. The predicted octanol–water partition coefficient (Wildman–Crippen LogP) is 4.58. The zero-order valence-corrected chi connectivity index (χ0v) is 18.0. The summed E-state index contributed by atoms with van der Waals surface area (Å²) in [6, 6.07) is 3.20. The molecule has 3 rings (SSSR count). The quantitative estimate of drug-likeness (QED) is 0.305. The van der Waals surface area contributed by atoms with E-state index < -0.39 is 5.97 Å². The fourth-order valence-electron chi connectivity index (χ4n) is 2.63. The summed E-state index contributed by atoms with van der Waals surface area (Å²) in [4.78, 5) is 30.4. The molecule has 0 atom stereocenters. The van der Waals surface area contributed by atoms with E-state index in [4.69, 9.17) is 44.3 Å². The molecule has 3 aromatic rings. The maximum Gasteiger partial charge on any atom is 0.348 e. The lowest BCUT2D eigenvalue weighted by molar-refractivity contribution is 0.0393. The molecule has 0 amide bonds. The number of thiophene rings is 1. The summed E-state index contributed by atoms with van der Waals surface area (Å²) in [6.07, 6.45) is 1.40. The van der Waals surface area contributed by atoms with Gasteiger partial charge >= 0.3 is 5.97 Å². The lowest BCUT2D eigenvalue weighted by Gasteiger charge is -2.10. The number of ether oxygens (including phenoxy) is 2. The minimum atomic E-state index is -0.510. The van der Waals surface area contributed by atoms with Crippen LogP contribution in [0.4, 0.5) is 0 Å². The molecule has 0 saturated carbocycles. The molecule has 28 heavy (non-hydrogen) atoms. The van der Waals surface area contributed by atoms with E-state index >= 15 is 0 Å². The van der Waals surface area contributed by atoms with E-state index in [1.165, 1.54) is 18.0 Å². The monoisotopic (exact) mass is 460 g/mol. The molecule has 0 saturated heterocycles. The van der Waals surface area contributed by atoms with Gasteiger partial charge < -0.3 is 9.47 Å². The van der Waals surface area contributed by atoms with Gasteiger partial charge in [-0.05, 0) is 24.6 Å². The summed E-state index contributed by atoms with van der Waals surface area (Å²) in [5.74, 6) is -0.510. The Morgan fingerprint density at radius 2 is 1.93 bits per heavy atom. The number of carbonyl (C=O) groups is 1. The van der Waals surface area contributed by atoms with Gasteiger partial charge in [-0.25, -0.2) is 9.78 Å². The van der Waals surface area contributed by atoms with Gasteiger partial charge in [0.05, 0.1) is 34.9 Å². The first-order chi connectivity index (χ1) is 13.3. The molecule has 0 aliphatic carbocycles. The van der Waals surface area contributed by atoms with Crippen molar-refractivity contribution in [3.8, 4) is 0 Å². The smallest absolute Gasteiger partial charge is 0.348 e. The number of aryl methyl sites for hydroxylation is 1. The van der Waals surface area contributed by atoms with Crippen LogP contribution in [0.25, 0.3) is 10.2 Å². The number of fused-ring (bicyclic) bond motifs is 1. The van der Waals surface area contributed by atoms with Crippen LogP contribution in [0.3, 0.4) is 0 Å². The number of methoxy groups -OCH3 is 1. The van der Waals surface area contributed by atoms with E-state index in [9.17, 15) is 9.59 Å². The molecule has 0 spiro atoms. The molecule has 10 heteroatoms. The van der Waals surface area contributed by atoms with Gasteiger partial charge in [0, 0.05) is 17.7 Å². The minimum Gasteiger partial charge on any atom is -0.459 e. The number of halogens is 3. The maximum absolute atomic E-state index is 13.0. The molecule has 0 fully saturated rings. The zero-order chi connectivity index (χ0) is 20.4. The van der Waals surface area contributed by atoms with Crippen LogP contribution in [-0.2, 0) is 16.0 Å². The predicted molar refractivity (Wildman–Crippen MR) is 111 cm³/mol. The summed E-state index contributed by atoms with van der Waals surface area (Å²) < 4.78 is 11.4. The molecule has 1 aromatic carbocycles. The number of rotatable bonds is 6. The van der Waals surface area contributed by atoms with Crippen LogP contribution < -0.4 is 5.56 Å². The number of benzene rings is 1.